The van der Waals surface area contributed by atoms with E-state index in [1.54, 1.807) is 12.3 Å². The third-order valence-electron chi connectivity index (χ3n) is 1.53. The maximum absolute atomic E-state index is 5.45. The van der Waals surface area contributed by atoms with Gasteiger partial charge in [0.15, 0.2) is 5.70 Å². The Kier molecular flexibility index (Phi) is 2.95. The fraction of sp³-hybridized carbons (Fsp3) is 0.111. The smallest absolute Gasteiger partial charge is 0.296 e. The highest BCUT2D eigenvalue weighted by Gasteiger charge is 2.02. The van der Waals surface area contributed by atoms with Crippen molar-refractivity contribution in [2.24, 2.45) is 5.11 Å². The number of nitrogen functional groups attached to an aromatic ring is 1. The van der Waals surface area contributed by atoms with E-state index in [-0.39, 0.29) is 0 Å². The molecular formula is C9H11N4+. The van der Waals surface area contributed by atoms with E-state index in [1.165, 1.54) is 0 Å². The van der Waals surface area contributed by atoms with Gasteiger partial charge < -0.3 is 5.73 Å². The number of allylic oxidation sites excluding steroid dienone is 1. The molecule has 0 unspecified atom stereocenters. The van der Waals surface area contributed by atoms with E-state index in [9.17, 15) is 0 Å². The summed E-state index contributed by atoms with van der Waals surface area (Å²) in [5.41, 5.74) is 7.06. The van der Waals surface area contributed by atoms with Gasteiger partial charge in [0.1, 0.15) is 10.9 Å². The second-order valence-electron chi connectivity index (χ2n) is 2.39. The molecular weight excluding hydrogens is 164 g/mol. The van der Waals surface area contributed by atoms with E-state index >= 15 is 0 Å². The van der Waals surface area contributed by atoms with Crippen LogP contribution in [0.1, 0.15) is 12.5 Å². The van der Waals surface area contributed by atoms with Gasteiger partial charge in [-0.1, -0.05) is 6.08 Å². The van der Waals surface area contributed by atoms with Gasteiger partial charge in [0.2, 0.25) is 0 Å². The molecule has 13 heavy (non-hydrogen) atoms. The summed E-state index contributed by atoms with van der Waals surface area (Å²) in [5, 5.41) is 3.84. The number of hydrogen-bond donors (Lipinski definition) is 1. The van der Waals surface area contributed by atoms with E-state index in [0.717, 1.165) is 11.3 Å². The van der Waals surface area contributed by atoms with Gasteiger partial charge in [-0.2, -0.15) is 0 Å². The van der Waals surface area contributed by atoms with Crippen LogP contribution in [0.2, 0.25) is 0 Å². The van der Waals surface area contributed by atoms with E-state index in [0.29, 0.717) is 5.82 Å². The third-order valence-corrected chi connectivity index (χ3v) is 1.53. The first-order valence-corrected chi connectivity index (χ1v) is 3.83. The first-order chi connectivity index (χ1) is 6.27. The molecule has 2 N–H and O–H groups in total. The number of hydrogen-bond acceptors (Lipinski definition) is 3. The minimum absolute atomic E-state index is 0.491. The van der Waals surface area contributed by atoms with Gasteiger partial charge in [-0.05, 0) is 19.1 Å². The summed E-state index contributed by atoms with van der Waals surface area (Å²) in [6.07, 6.45) is 3.49. The average molecular weight is 175 g/mol. The quantitative estimate of drug-likeness (QED) is 0.419. The van der Waals surface area contributed by atoms with Crippen molar-refractivity contribution in [2.75, 3.05) is 5.73 Å². The van der Waals surface area contributed by atoms with Crippen LogP contribution in [-0.4, -0.2) is 16.5 Å². The predicted molar refractivity (Wildman–Crippen MR) is 52.1 cm³/mol. The molecule has 0 saturated carbocycles. The molecule has 0 fully saturated rings. The minimum Gasteiger partial charge on any atom is -0.384 e. The Hall–Kier alpha value is -1.93. The van der Waals surface area contributed by atoms with Crippen LogP contribution in [0.5, 0.6) is 0 Å². The lowest BCUT2D eigenvalue weighted by Gasteiger charge is -1.95. The van der Waals surface area contributed by atoms with Crippen LogP contribution in [0.3, 0.4) is 0 Å². The number of rotatable bonds is 2. The van der Waals surface area contributed by atoms with Crippen LogP contribution >= 0.6 is 0 Å². The standard InChI is InChI=1S/C9H11N4/c1-3-8(13-11-2)7-4-5-9(10)12-6-7/h3-6H,2H2,1H3,(H2,10,12)/q+1. The molecule has 1 rings (SSSR count). The molecule has 0 saturated heterocycles. The lowest BCUT2D eigenvalue weighted by molar-refractivity contribution is -0.0620. The van der Waals surface area contributed by atoms with Crippen LogP contribution < -0.4 is 5.73 Å². The molecule has 0 aliphatic heterocycles. The fourth-order valence-electron chi connectivity index (χ4n) is 0.915. The average Bonchev–Trinajstić information content (AvgIpc) is 2.16. The van der Waals surface area contributed by atoms with E-state index in [2.05, 4.69) is 21.6 Å². The van der Waals surface area contributed by atoms with Gasteiger partial charge in [-0.3, -0.25) is 0 Å². The predicted octanol–water partition coefficient (Wildman–Crippen LogP) is 1.39. The molecule has 0 aromatic carbocycles. The second kappa shape index (κ2) is 4.18. The van der Waals surface area contributed by atoms with E-state index in [4.69, 9.17) is 5.73 Å². The Balaban J connectivity index is 3.07. The molecule has 1 aromatic rings. The van der Waals surface area contributed by atoms with Crippen molar-refractivity contribution in [1.82, 2.24) is 4.98 Å². The highest BCUT2D eigenvalue weighted by atomic mass is 15.0. The van der Waals surface area contributed by atoms with Gasteiger partial charge in [0.25, 0.3) is 6.72 Å². The van der Waals surface area contributed by atoms with Gasteiger partial charge in [-0.15, -0.1) is 0 Å². The van der Waals surface area contributed by atoms with Crippen molar-refractivity contribution in [3.63, 3.8) is 0 Å². The van der Waals surface area contributed by atoms with E-state index in [1.807, 2.05) is 19.1 Å². The summed E-state index contributed by atoms with van der Waals surface area (Å²) in [7, 11) is 0. The van der Waals surface area contributed by atoms with Crippen molar-refractivity contribution in [1.29, 1.82) is 0 Å². The summed E-state index contributed by atoms with van der Waals surface area (Å²) in [6.45, 7) is 5.16. The number of pyridine rings is 1. The minimum atomic E-state index is 0.491. The zero-order valence-electron chi connectivity index (χ0n) is 7.44. The summed E-state index contributed by atoms with van der Waals surface area (Å²) in [6, 6.07) is 3.56. The molecule has 0 bridgehead atoms. The monoisotopic (exact) mass is 175 g/mol. The topological polar surface area (TPSA) is 65.4 Å². The van der Waals surface area contributed by atoms with Crippen molar-refractivity contribution in [2.45, 2.75) is 6.92 Å². The number of anilines is 1. The van der Waals surface area contributed by atoms with E-state index < -0.39 is 0 Å². The van der Waals surface area contributed by atoms with Crippen molar-refractivity contribution in [3.8, 4) is 0 Å². The van der Waals surface area contributed by atoms with Crippen LogP contribution in [0.15, 0.2) is 29.5 Å². The Morgan fingerprint density at radius 3 is 2.92 bits per heavy atom. The molecule has 1 heterocycles. The summed E-state index contributed by atoms with van der Waals surface area (Å²) >= 11 is 0. The Labute approximate surface area is 76.6 Å². The molecule has 1 aromatic heterocycles. The third kappa shape index (κ3) is 2.25. The second-order valence-corrected chi connectivity index (χ2v) is 2.39. The maximum atomic E-state index is 5.45. The number of nitrogens with zero attached hydrogens (tertiary/aromatic N) is 3. The maximum Gasteiger partial charge on any atom is 0.296 e. The first kappa shape index (κ1) is 9.16. The van der Waals surface area contributed by atoms with Gasteiger partial charge >= 0.3 is 0 Å². The van der Waals surface area contributed by atoms with Crippen LogP contribution in [0.4, 0.5) is 5.82 Å². The highest BCUT2D eigenvalue weighted by molar-refractivity contribution is 5.63. The molecule has 66 valence electrons. The van der Waals surface area contributed by atoms with Gasteiger partial charge in [0, 0.05) is 16.6 Å². The zero-order chi connectivity index (χ0) is 9.68. The van der Waals surface area contributed by atoms with Crippen molar-refractivity contribution >= 4 is 18.2 Å². The normalized spacial score (nSPS) is 10.7. The van der Waals surface area contributed by atoms with Crippen molar-refractivity contribution in [3.05, 3.63) is 30.0 Å². The Morgan fingerprint density at radius 1 is 1.69 bits per heavy atom. The van der Waals surface area contributed by atoms with Crippen LogP contribution in [0, 0.1) is 0 Å². The van der Waals surface area contributed by atoms with Gasteiger partial charge in [-0.25, -0.2) is 4.98 Å². The molecule has 4 nitrogen and oxygen atoms in total. The summed E-state index contributed by atoms with van der Waals surface area (Å²) in [4.78, 5) is 7.40. The molecule has 0 radical (unpaired) electrons. The molecule has 0 aliphatic carbocycles. The number of aromatic nitrogens is 1. The van der Waals surface area contributed by atoms with Crippen molar-refractivity contribution < 1.29 is 4.79 Å². The van der Waals surface area contributed by atoms with Crippen LogP contribution in [0.25, 0.3) is 5.70 Å². The Morgan fingerprint density at radius 2 is 2.46 bits per heavy atom. The first-order valence-electron chi connectivity index (χ1n) is 3.83. The molecule has 0 amide bonds. The molecule has 0 spiro atoms. The van der Waals surface area contributed by atoms with Crippen LogP contribution in [-0.2, 0) is 0 Å². The molecule has 4 heteroatoms. The van der Waals surface area contributed by atoms with Gasteiger partial charge in [0.05, 0.1) is 0 Å². The summed E-state index contributed by atoms with van der Waals surface area (Å²) in [5.74, 6) is 0.491. The number of nitrogens with two attached hydrogens (primary N) is 1. The SMILES string of the molecule is C=[N+]=NC(=CC)c1ccc(N)nc1. The summed E-state index contributed by atoms with van der Waals surface area (Å²) < 4.78 is 0. The lowest BCUT2D eigenvalue weighted by atomic mass is 10.2. The lowest BCUT2D eigenvalue weighted by Crippen LogP contribution is -1.90. The zero-order valence-corrected chi connectivity index (χ0v) is 7.44. The highest BCUT2D eigenvalue weighted by Crippen LogP contribution is 2.14. The fourth-order valence-corrected chi connectivity index (χ4v) is 0.915. The molecule has 0 aliphatic rings. The molecule has 0 atom stereocenters. The Bertz CT molecular complexity index is 358. The largest absolute Gasteiger partial charge is 0.384 e.